The topological polar surface area (TPSA) is 65.4 Å². The number of carbonyl (C=O) groups excluding carboxylic acids is 1. The molecule has 0 fully saturated rings. The van der Waals surface area contributed by atoms with Crippen LogP contribution in [0.4, 0.5) is 8.78 Å². The number of aryl methyl sites for hydroxylation is 1. The molecule has 0 aliphatic rings. The zero-order chi connectivity index (χ0) is 22.4. The number of aromatic nitrogens is 2. The number of amides is 1. The van der Waals surface area contributed by atoms with Crippen LogP contribution in [0.25, 0.3) is 6.08 Å². The Labute approximate surface area is 186 Å². The number of ether oxygens (including phenoxy) is 2. The number of rotatable bonds is 8. The first-order chi connectivity index (χ1) is 14.9. The molecule has 0 aliphatic carbocycles. The SMILES string of the molecule is COc1cccc(C(NC(=O)/C=C/c2cc(Br)ccc2OC(F)F)c2nccn2C)c1. The number of halogens is 3. The summed E-state index contributed by atoms with van der Waals surface area (Å²) in [6.45, 7) is -2.97. The van der Waals surface area contributed by atoms with Gasteiger partial charge in [0.25, 0.3) is 0 Å². The highest BCUT2D eigenvalue weighted by atomic mass is 79.9. The van der Waals surface area contributed by atoms with Gasteiger partial charge in [-0.3, -0.25) is 4.79 Å². The monoisotopic (exact) mass is 491 g/mol. The van der Waals surface area contributed by atoms with Gasteiger partial charge in [0.05, 0.1) is 7.11 Å². The van der Waals surface area contributed by atoms with Crippen molar-refractivity contribution in [1.29, 1.82) is 0 Å². The lowest BCUT2D eigenvalue weighted by Gasteiger charge is -2.19. The van der Waals surface area contributed by atoms with Crippen molar-refractivity contribution >= 4 is 27.9 Å². The van der Waals surface area contributed by atoms with Crippen LogP contribution < -0.4 is 14.8 Å². The van der Waals surface area contributed by atoms with Gasteiger partial charge in [0.2, 0.25) is 5.91 Å². The Hall–Kier alpha value is -3.20. The van der Waals surface area contributed by atoms with Gasteiger partial charge < -0.3 is 19.4 Å². The number of carbonyl (C=O) groups is 1. The summed E-state index contributed by atoms with van der Waals surface area (Å²) in [6.07, 6.45) is 6.09. The Bertz CT molecular complexity index is 1090. The van der Waals surface area contributed by atoms with Crippen molar-refractivity contribution in [2.75, 3.05) is 7.11 Å². The van der Waals surface area contributed by atoms with Gasteiger partial charge in [-0.25, -0.2) is 4.98 Å². The number of nitrogens with one attached hydrogen (secondary N) is 1. The van der Waals surface area contributed by atoms with Crippen LogP contribution >= 0.6 is 15.9 Å². The van der Waals surface area contributed by atoms with E-state index in [0.29, 0.717) is 21.6 Å². The van der Waals surface area contributed by atoms with Crippen LogP contribution in [0, 0.1) is 0 Å². The Balaban J connectivity index is 1.86. The van der Waals surface area contributed by atoms with Crippen molar-refractivity contribution in [2.45, 2.75) is 12.7 Å². The van der Waals surface area contributed by atoms with E-state index in [0.717, 1.165) is 5.56 Å². The molecule has 0 saturated heterocycles. The van der Waals surface area contributed by atoms with Gasteiger partial charge in [-0.15, -0.1) is 0 Å². The maximum Gasteiger partial charge on any atom is 0.387 e. The largest absolute Gasteiger partial charge is 0.497 e. The molecule has 9 heteroatoms. The number of alkyl halides is 2. The summed E-state index contributed by atoms with van der Waals surface area (Å²) >= 11 is 3.29. The summed E-state index contributed by atoms with van der Waals surface area (Å²) in [4.78, 5) is 17.1. The predicted molar refractivity (Wildman–Crippen MR) is 116 cm³/mol. The van der Waals surface area contributed by atoms with Crippen LogP contribution in [0.2, 0.25) is 0 Å². The maximum atomic E-state index is 12.7. The summed E-state index contributed by atoms with van der Waals surface area (Å²) in [5, 5.41) is 2.91. The van der Waals surface area contributed by atoms with Crippen molar-refractivity contribution in [2.24, 2.45) is 7.05 Å². The fraction of sp³-hybridized carbons (Fsp3) is 0.182. The fourth-order valence-corrected chi connectivity index (χ4v) is 3.36. The molecule has 1 heterocycles. The molecular formula is C22H20BrF2N3O3. The Morgan fingerprint density at radius 3 is 2.74 bits per heavy atom. The molecule has 1 atom stereocenters. The Kier molecular flexibility index (Phi) is 7.41. The second-order valence-electron chi connectivity index (χ2n) is 6.51. The first kappa shape index (κ1) is 22.5. The molecule has 3 rings (SSSR count). The predicted octanol–water partition coefficient (Wildman–Crippen LogP) is 4.71. The number of methoxy groups -OCH3 is 1. The van der Waals surface area contributed by atoms with E-state index in [-0.39, 0.29) is 5.75 Å². The molecular weight excluding hydrogens is 472 g/mol. The van der Waals surface area contributed by atoms with Gasteiger partial charge >= 0.3 is 6.61 Å². The van der Waals surface area contributed by atoms with Crippen LogP contribution in [0.15, 0.2) is 65.4 Å². The smallest absolute Gasteiger partial charge is 0.387 e. The standard InChI is InChI=1S/C22H20BrF2N3O3/c1-28-11-10-26-21(28)20(15-4-3-5-17(13-15)30-2)27-19(29)9-6-14-12-16(23)7-8-18(14)31-22(24)25/h3-13,20,22H,1-2H3,(H,27,29)/b9-6+. The summed E-state index contributed by atoms with van der Waals surface area (Å²) < 4.78 is 37.6. The first-order valence-corrected chi connectivity index (χ1v) is 10.0. The second kappa shape index (κ2) is 10.2. The number of benzene rings is 2. The van der Waals surface area contributed by atoms with E-state index < -0.39 is 18.6 Å². The van der Waals surface area contributed by atoms with Gasteiger partial charge in [0.1, 0.15) is 23.4 Å². The quantitative estimate of drug-likeness (QED) is 0.463. The lowest BCUT2D eigenvalue weighted by Crippen LogP contribution is -2.29. The third kappa shape index (κ3) is 5.91. The van der Waals surface area contributed by atoms with E-state index in [2.05, 4.69) is 31.0 Å². The molecule has 1 N–H and O–H groups in total. The van der Waals surface area contributed by atoms with E-state index in [1.807, 2.05) is 25.2 Å². The summed E-state index contributed by atoms with van der Waals surface area (Å²) in [5.41, 5.74) is 1.11. The van der Waals surface area contributed by atoms with Crippen LogP contribution in [-0.2, 0) is 11.8 Å². The number of imidazole rings is 1. The molecule has 31 heavy (non-hydrogen) atoms. The van der Waals surface area contributed by atoms with Gasteiger partial charge in [-0.1, -0.05) is 28.1 Å². The zero-order valence-corrected chi connectivity index (χ0v) is 18.3. The Morgan fingerprint density at radius 1 is 1.26 bits per heavy atom. The lowest BCUT2D eigenvalue weighted by molar-refractivity contribution is -0.117. The number of hydrogen-bond acceptors (Lipinski definition) is 4. The van der Waals surface area contributed by atoms with Gasteiger partial charge in [0, 0.05) is 35.6 Å². The number of hydrogen-bond donors (Lipinski definition) is 1. The number of nitrogens with zero attached hydrogens (tertiary/aromatic N) is 2. The first-order valence-electron chi connectivity index (χ1n) is 9.21. The van der Waals surface area contributed by atoms with Gasteiger partial charge in [-0.2, -0.15) is 8.78 Å². The minimum atomic E-state index is -2.97. The molecule has 162 valence electrons. The van der Waals surface area contributed by atoms with Crippen molar-refractivity contribution in [3.05, 3.63) is 82.4 Å². The molecule has 0 radical (unpaired) electrons. The summed E-state index contributed by atoms with van der Waals surface area (Å²) in [6, 6.07) is 11.3. The van der Waals surface area contributed by atoms with E-state index in [1.165, 1.54) is 18.2 Å². The van der Waals surface area contributed by atoms with Crippen molar-refractivity contribution in [3.63, 3.8) is 0 Å². The fourth-order valence-electron chi connectivity index (χ4n) is 2.98. The van der Waals surface area contributed by atoms with Crippen molar-refractivity contribution < 1.29 is 23.0 Å². The van der Waals surface area contributed by atoms with Gasteiger partial charge in [0.15, 0.2) is 0 Å². The second-order valence-corrected chi connectivity index (χ2v) is 7.42. The van der Waals surface area contributed by atoms with Crippen molar-refractivity contribution in [1.82, 2.24) is 14.9 Å². The van der Waals surface area contributed by atoms with Gasteiger partial charge in [-0.05, 0) is 42.0 Å². The Morgan fingerprint density at radius 2 is 2.06 bits per heavy atom. The van der Waals surface area contributed by atoms with E-state index >= 15 is 0 Å². The molecule has 0 saturated carbocycles. The van der Waals surface area contributed by atoms with E-state index in [9.17, 15) is 13.6 Å². The van der Waals surface area contributed by atoms with Crippen LogP contribution in [0.1, 0.15) is 23.0 Å². The highest BCUT2D eigenvalue weighted by Gasteiger charge is 2.20. The minimum absolute atomic E-state index is 0.0318. The molecule has 3 aromatic rings. The minimum Gasteiger partial charge on any atom is -0.497 e. The van der Waals surface area contributed by atoms with Crippen molar-refractivity contribution in [3.8, 4) is 11.5 Å². The summed E-state index contributed by atoms with van der Waals surface area (Å²) in [5.74, 6) is 0.804. The third-order valence-electron chi connectivity index (χ3n) is 4.43. The molecule has 1 unspecified atom stereocenters. The van der Waals surface area contributed by atoms with E-state index in [4.69, 9.17) is 4.74 Å². The molecule has 0 bridgehead atoms. The van der Waals surface area contributed by atoms with Crippen LogP contribution in [0.5, 0.6) is 11.5 Å². The maximum absolute atomic E-state index is 12.7. The average Bonchev–Trinajstić information content (AvgIpc) is 3.17. The molecule has 1 aromatic heterocycles. The van der Waals surface area contributed by atoms with E-state index in [1.54, 1.807) is 42.3 Å². The third-order valence-corrected chi connectivity index (χ3v) is 4.93. The molecule has 2 aromatic carbocycles. The molecule has 6 nitrogen and oxygen atoms in total. The normalized spacial score (nSPS) is 12.2. The highest BCUT2D eigenvalue weighted by molar-refractivity contribution is 9.10. The zero-order valence-electron chi connectivity index (χ0n) is 16.8. The van der Waals surface area contributed by atoms with Crippen LogP contribution in [-0.4, -0.2) is 29.2 Å². The lowest BCUT2D eigenvalue weighted by atomic mass is 10.1. The highest BCUT2D eigenvalue weighted by Crippen LogP contribution is 2.27. The van der Waals surface area contributed by atoms with Crippen LogP contribution in [0.3, 0.4) is 0 Å². The molecule has 0 spiro atoms. The molecule has 1 amide bonds. The molecule has 0 aliphatic heterocycles. The summed E-state index contributed by atoms with van der Waals surface area (Å²) in [7, 11) is 3.39. The average molecular weight is 492 g/mol.